The monoisotopic (exact) mass is 626 g/mol. The summed E-state index contributed by atoms with van der Waals surface area (Å²) in [5.41, 5.74) is 5.51. The zero-order valence-electron chi connectivity index (χ0n) is 22.4. The van der Waals surface area contributed by atoms with Gasteiger partial charge in [-0.2, -0.15) is 4.98 Å². The van der Waals surface area contributed by atoms with E-state index in [9.17, 15) is 29.6 Å². The van der Waals surface area contributed by atoms with E-state index in [1.807, 2.05) is 0 Å². The summed E-state index contributed by atoms with van der Waals surface area (Å²) in [4.78, 5) is 45.5. The number of aromatic amines is 1. The summed E-state index contributed by atoms with van der Waals surface area (Å²) in [5, 5.41) is 34.9. The van der Waals surface area contributed by atoms with Gasteiger partial charge < -0.3 is 45.5 Å². The van der Waals surface area contributed by atoms with Gasteiger partial charge in [0.15, 0.2) is 41.4 Å². The Morgan fingerprint density at radius 2 is 1.77 bits per heavy atom. The highest BCUT2D eigenvalue weighted by Crippen LogP contribution is 2.50. The van der Waals surface area contributed by atoms with E-state index in [0.29, 0.717) is 17.0 Å². The van der Waals surface area contributed by atoms with Crippen LogP contribution in [0, 0.1) is 0 Å². The Bertz CT molecular complexity index is 1750. The van der Waals surface area contributed by atoms with Crippen molar-refractivity contribution >= 4 is 41.9 Å². The minimum Gasteiger partial charge on any atom is -0.387 e. The van der Waals surface area contributed by atoms with Gasteiger partial charge in [-0.15, -0.1) is 0 Å². The number of hydrogen-bond donors (Lipinski definition) is 7. The summed E-state index contributed by atoms with van der Waals surface area (Å²) in [6.07, 6.45) is -7.66. The van der Waals surface area contributed by atoms with Crippen LogP contribution in [0.3, 0.4) is 0 Å². The summed E-state index contributed by atoms with van der Waals surface area (Å²) < 4.78 is 42.5. The first-order valence-corrected chi connectivity index (χ1v) is 14.1. The van der Waals surface area contributed by atoms with E-state index in [0.717, 1.165) is 6.33 Å². The molecule has 4 aromatic rings. The highest BCUT2D eigenvalue weighted by Gasteiger charge is 2.51. The van der Waals surface area contributed by atoms with Crippen molar-refractivity contribution in [3.05, 3.63) is 29.3 Å². The molecular formula is C21H27N10O11P. The molecule has 43 heavy (non-hydrogen) atoms. The Labute approximate surface area is 239 Å². The summed E-state index contributed by atoms with van der Waals surface area (Å²) in [7, 11) is -2.15. The van der Waals surface area contributed by atoms with Crippen molar-refractivity contribution in [1.82, 2.24) is 39.0 Å². The van der Waals surface area contributed by atoms with Gasteiger partial charge in [-0.05, 0) is 0 Å². The number of aliphatic hydroxyl groups excluding tert-OH is 3. The number of ether oxygens (including phenoxy) is 3. The molecule has 0 aliphatic carbocycles. The number of nitrogens with two attached hydrogens (primary N) is 1. The van der Waals surface area contributed by atoms with E-state index in [4.69, 9.17) is 29.0 Å². The van der Waals surface area contributed by atoms with Crippen LogP contribution >= 0.6 is 7.82 Å². The third-order valence-electron chi connectivity index (χ3n) is 6.99. The second-order valence-electron chi connectivity index (χ2n) is 9.57. The van der Waals surface area contributed by atoms with E-state index >= 15 is 0 Å². The van der Waals surface area contributed by atoms with E-state index < -0.39 is 69.3 Å². The zero-order chi connectivity index (χ0) is 30.6. The molecule has 2 aliphatic rings. The Kier molecular flexibility index (Phi) is 7.62. The maximum Gasteiger partial charge on any atom is 0.472 e. The number of phosphoric acid groups is 1. The molecule has 2 fully saturated rings. The molecule has 0 saturated carbocycles. The van der Waals surface area contributed by atoms with E-state index in [-0.39, 0.29) is 17.1 Å². The average Bonchev–Trinajstić information content (AvgIpc) is 3.73. The number of aromatic nitrogens is 8. The number of anilines is 2. The molecule has 0 bridgehead atoms. The molecule has 21 nitrogen and oxygen atoms in total. The van der Waals surface area contributed by atoms with Crippen LogP contribution in [0.4, 0.5) is 11.8 Å². The van der Waals surface area contributed by atoms with Crippen molar-refractivity contribution in [2.24, 2.45) is 0 Å². The number of nitrogen functional groups attached to an aromatic ring is 1. The van der Waals surface area contributed by atoms with Crippen LogP contribution in [-0.2, 0) is 27.8 Å². The molecule has 6 heterocycles. The predicted octanol–water partition coefficient (Wildman–Crippen LogP) is -2.43. The molecule has 9 atom stereocenters. The van der Waals surface area contributed by atoms with Crippen LogP contribution < -0.4 is 16.6 Å². The van der Waals surface area contributed by atoms with Crippen molar-refractivity contribution < 1.29 is 48.0 Å². The van der Waals surface area contributed by atoms with Gasteiger partial charge >= 0.3 is 7.82 Å². The topological polar surface area (TPSA) is 289 Å². The lowest BCUT2D eigenvalue weighted by atomic mass is 10.1. The number of fused-ring (bicyclic) bond motifs is 2. The molecular weight excluding hydrogens is 599 g/mol. The molecule has 232 valence electrons. The lowest BCUT2D eigenvalue weighted by Crippen LogP contribution is -2.35. The molecule has 2 aliphatic heterocycles. The molecule has 4 aromatic heterocycles. The average molecular weight is 626 g/mol. The molecule has 2 saturated heterocycles. The second kappa shape index (κ2) is 11.1. The highest BCUT2D eigenvalue weighted by atomic mass is 31.2. The number of nitrogens with one attached hydrogen (secondary N) is 2. The molecule has 0 radical (unpaired) electrons. The number of methoxy groups -OCH3 is 1. The first-order chi connectivity index (χ1) is 20.5. The van der Waals surface area contributed by atoms with E-state index in [1.54, 1.807) is 7.05 Å². The number of nitrogens with zero attached hydrogens (tertiary/aromatic N) is 7. The summed E-state index contributed by atoms with van der Waals surface area (Å²) in [6.45, 7) is -0.713. The zero-order valence-corrected chi connectivity index (χ0v) is 23.3. The summed E-state index contributed by atoms with van der Waals surface area (Å²) in [5.74, 6) is 0.195. The fourth-order valence-electron chi connectivity index (χ4n) is 4.95. The smallest absolute Gasteiger partial charge is 0.387 e. The van der Waals surface area contributed by atoms with Crippen molar-refractivity contribution in [1.29, 1.82) is 0 Å². The highest BCUT2D eigenvalue weighted by molar-refractivity contribution is 7.47. The first-order valence-electron chi connectivity index (χ1n) is 12.6. The van der Waals surface area contributed by atoms with E-state index in [1.165, 1.54) is 28.9 Å². The fraction of sp³-hybridized carbons (Fsp3) is 0.524. The van der Waals surface area contributed by atoms with Gasteiger partial charge in [0.25, 0.3) is 5.56 Å². The third-order valence-corrected chi connectivity index (χ3v) is 7.98. The van der Waals surface area contributed by atoms with Crippen LogP contribution in [0.25, 0.3) is 22.3 Å². The Morgan fingerprint density at radius 3 is 2.49 bits per heavy atom. The number of hydrogen-bond acceptors (Lipinski definition) is 17. The minimum absolute atomic E-state index is 0.0564. The number of rotatable bonds is 9. The van der Waals surface area contributed by atoms with Gasteiger partial charge in [0, 0.05) is 14.2 Å². The first kappa shape index (κ1) is 29.4. The largest absolute Gasteiger partial charge is 0.472 e. The molecule has 8 N–H and O–H groups in total. The van der Waals surface area contributed by atoms with Crippen LogP contribution in [-0.4, -0.2) is 117 Å². The molecule has 0 amide bonds. The fourth-order valence-corrected chi connectivity index (χ4v) is 5.88. The van der Waals surface area contributed by atoms with Crippen LogP contribution in [0.2, 0.25) is 0 Å². The number of aliphatic hydroxyl groups is 3. The Balaban J connectivity index is 1.19. The number of H-pyrrole nitrogens is 1. The summed E-state index contributed by atoms with van der Waals surface area (Å²) in [6, 6.07) is 0. The predicted molar refractivity (Wildman–Crippen MR) is 141 cm³/mol. The molecule has 5 unspecified atom stereocenters. The van der Waals surface area contributed by atoms with Gasteiger partial charge in [0.05, 0.1) is 19.3 Å². The van der Waals surface area contributed by atoms with Crippen LogP contribution in [0.5, 0.6) is 0 Å². The maximum absolute atomic E-state index is 13.0. The van der Waals surface area contributed by atoms with Gasteiger partial charge in [0.1, 0.15) is 42.4 Å². The van der Waals surface area contributed by atoms with Crippen molar-refractivity contribution in [3.63, 3.8) is 0 Å². The van der Waals surface area contributed by atoms with Gasteiger partial charge in [0.2, 0.25) is 5.95 Å². The number of phosphoric ester groups is 1. The SMILES string of the molecule is CNc1ncnc2c1ncn2[C@@H]1O[C@H](COP(=O)(O)OC2C(O)[C@@H](OC)O[C@H]2n2cnc3c(=O)[nH]c(N)nc32)C(O)C1O. The second-order valence-corrected chi connectivity index (χ2v) is 11.0. The third kappa shape index (κ3) is 5.14. The lowest BCUT2D eigenvalue weighted by Gasteiger charge is -2.24. The normalized spacial score (nSPS) is 30.7. The van der Waals surface area contributed by atoms with Crippen LogP contribution in [0.15, 0.2) is 23.8 Å². The van der Waals surface area contributed by atoms with Crippen molar-refractivity contribution in [3.8, 4) is 0 Å². The van der Waals surface area contributed by atoms with Gasteiger partial charge in [-0.25, -0.2) is 24.5 Å². The summed E-state index contributed by atoms with van der Waals surface area (Å²) >= 11 is 0. The quantitative estimate of drug-likeness (QED) is 0.0950. The molecule has 0 aromatic carbocycles. The van der Waals surface area contributed by atoms with Crippen LogP contribution in [0.1, 0.15) is 12.5 Å². The Hall–Kier alpha value is -3.63. The molecule has 22 heteroatoms. The van der Waals surface area contributed by atoms with Gasteiger partial charge in [-0.1, -0.05) is 0 Å². The number of imidazole rings is 2. The maximum atomic E-state index is 13.0. The molecule has 6 rings (SSSR count). The van der Waals surface area contributed by atoms with Crippen molar-refractivity contribution in [2.45, 2.75) is 49.3 Å². The Morgan fingerprint density at radius 1 is 1.05 bits per heavy atom. The minimum atomic E-state index is -5.03. The lowest BCUT2D eigenvalue weighted by molar-refractivity contribution is -0.160. The van der Waals surface area contributed by atoms with E-state index in [2.05, 4.69) is 35.2 Å². The molecule has 0 spiro atoms. The standard InChI is InChI=1S/C21H27N10O11P/c1-23-14-8-15(25-4-24-14)30(5-26-8)18-11(33)10(32)7(40-18)3-39-43(36,37)42-13-12(34)20(38-2)41-19(13)31-6-27-9-16(31)28-21(22)29-17(9)35/h4-7,10-13,18-20,32-34H,3H2,1-2H3,(H,36,37)(H,23,24,25)(H3,22,28,29,35)/t7-,10?,11?,12?,13?,18-,19-,20+/m1/s1. The van der Waals surface area contributed by atoms with Crippen molar-refractivity contribution in [2.75, 3.05) is 31.8 Å². The van der Waals surface area contributed by atoms with Gasteiger partial charge in [-0.3, -0.25) is 28.0 Å².